The lowest BCUT2D eigenvalue weighted by atomic mass is 10.0. The summed E-state index contributed by atoms with van der Waals surface area (Å²) >= 11 is 0. The molecule has 0 radical (unpaired) electrons. The minimum atomic E-state index is -0.659. The van der Waals surface area contributed by atoms with Crippen LogP contribution in [0.3, 0.4) is 0 Å². The normalized spacial score (nSPS) is 19.9. The summed E-state index contributed by atoms with van der Waals surface area (Å²) < 4.78 is 11.4. The zero-order valence-electron chi connectivity index (χ0n) is 17.4. The highest BCUT2D eigenvalue weighted by atomic mass is 16.6. The maximum Gasteiger partial charge on any atom is 0.410 e. The predicted molar refractivity (Wildman–Crippen MR) is 115 cm³/mol. The number of carbonyl (C=O) groups is 2. The molecule has 0 unspecified atom stereocenters. The number of carbonyl (C=O) groups excluding carboxylic acids is 2. The molecule has 3 aromatic rings. The van der Waals surface area contributed by atoms with Gasteiger partial charge in [0.2, 0.25) is 0 Å². The van der Waals surface area contributed by atoms with E-state index in [1.54, 1.807) is 52.5 Å². The zero-order valence-corrected chi connectivity index (χ0v) is 17.4. The second kappa shape index (κ2) is 8.30. The lowest BCUT2D eigenvalue weighted by Crippen LogP contribution is -2.39. The Morgan fingerprint density at radius 2 is 1.84 bits per heavy atom. The number of ether oxygens (including phenoxy) is 2. The second-order valence-electron chi connectivity index (χ2n) is 8.03. The Bertz CT molecular complexity index is 1130. The van der Waals surface area contributed by atoms with Crippen molar-refractivity contribution in [1.82, 2.24) is 19.8 Å². The molecule has 2 saturated heterocycles. The van der Waals surface area contributed by atoms with Gasteiger partial charge < -0.3 is 14.4 Å². The van der Waals surface area contributed by atoms with Crippen molar-refractivity contribution in [3.63, 3.8) is 0 Å². The average Bonchev–Trinajstić information content (AvgIpc) is 3.36. The third-order valence-electron chi connectivity index (χ3n) is 5.69. The van der Waals surface area contributed by atoms with Crippen LogP contribution in [0.2, 0.25) is 0 Å². The van der Waals surface area contributed by atoms with E-state index in [9.17, 15) is 9.59 Å². The van der Waals surface area contributed by atoms with E-state index < -0.39 is 5.60 Å². The molecule has 5 rings (SSSR count). The fraction of sp³-hybridized carbons (Fsp3) is 0.250. The van der Waals surface area contributed by atoms with E-state index in [0.717, 1.165) is 5.56 Å². The first-order valence-electron chi connectivity index (χ1n) is 10.5. The van der Waals surface area contributed by atoms with E-state index in [2.05, 4.69) is 9.97 Å². The molecule has 2 aromatic carbocycles. The maximum absolute atomic E-state index is 13.1. The third kappa shape index (κ3) is 4.12. The van der Waals surface area contributed by atoms with Gasteiger partial charge in [-0.3, -0.25) is 9.69 Å². The minimum absolute atomic E-state index is 0.126. The SMILES string of the molecule is O=C1O[C@]2(CCN(C(=O)c3cccc(Oc4ncccn4)c3)C2)CN1Cc1ccccc1. The molecule has 2 fully saturated rings. The summed E-state index contributed by atoms with van der Waals surface area (Å²) in [5.74, 6) is 0.358. The Hall–Kier alpha value is -3.94. The van der Waals surface area contributed by atoms with Crippen LogP contribution >= 0.6 is 0 Å². The van der Waals surface area contributed by atoms with Crippen molar-refractivity contribution in [2.45, 2.75) is 18.6 Å². The van der Waals surface area contributed by atoms with Gasteiger partial charge in [0.1, 0.15) is 5.75 Å². The van der Waals surface area contributed by atoms with Crippen LogP contribution in [0.15, 0.2) is 73.1 Å². The maximum atomic E-state index is 13.1. The summed E-state index contributed by atoms with van der Waals surface area (Å²) in [6.07, 6.45) is 3.46. The third-order valence-corrected chi connectivity index (χ3v) is 5.69. The highest BCUT2D eigenvalue weighted by Gasteiger charge is 2.50. The fourth-order valence-electron chi connectivity index (χ4n) is 4.17. The van der Waals surface area contributed by atoms with E-state index >= 15 is 0 Å². The number of likely N-dealkylation sites (tertiary alicyclic amines) is 1. The van der Waals surface area contributed by atoms with Crippen LogP contribution in [0.5, 0.6) is 11.8 Å². The van der Waals surface area contributed by atoms with Crippen molar-refractivity contribution in [1.29, 1.82) is 0 Å². The van der Waals surface area contributed by atoms with Crippen LogP contribution in [0.4, 0.5) is 4.79 Å². The average molecular weight is 430 g/mol. The van der Waals surface area contributed by atoms with Gasteiger partial charge in [-0.05, 0) is 29.8 Å². The molecule has 8 nitrogen and oxygen atoms in total. The van der Waals surface area contributed by atoms with Crippen LogP contribution in [-0.2, 0) is 11.3 Å². The standard InChI is InChI=1S/C24H22N4O4/c29-21(19-8-4-9-20(14-19)31-22-25-11-5-12-26-22)27-13-10-24(16-27)17-28(23(30)32-24)15-18-6-2-1-3-7-18/h1-9,11-12,14H,10,13,15-17H2/t24-/m0/s1. The first kappa shape index (κ1) is 20.0. The highest BCUT2D eigenvalue weighted by molar-refractivity contribution is 5.95. The van der Waals surface area contributed by atoms with Crippen molar-refractivity contribution >= 4 is 12.0 Å². The largest absolute Gasteiger partial charge is 0.439 e. The molecule has 2 amide bonds. The lowest BCUT2D eigenvalue weighted by molar-refractivity contribution is 0.0553. The summed E-state index contributed by atoms with van der Waals surface area (Å²) in [7, 11) is 0. The van der Waals surface area contributed by atoms with Crippen molar-refractivity contribution in [3.8, 4) is 11.8 Å². The van der Waals surface area contributed by atoms with E-state index in [-0.39, 0.29) is 18.0 Å². The molecule has 1 atom stereocenters. The molecular weight excluding hydrogens is 408 g/mol. The molecule has 3 heterocycles. The summed E-state index contributed by atoms with van der Waals surface area (Å²) in [5.41, 5.74) is 0.889. The lowest BCUT2D eigenvalue weighted by Gasteiger charge is -2.22. The molecule has 0 N–H and O–H groups in total. The van der Waals surface area contributed by atoms with Crippen molar-refractivity contribution < 1.29 is 19.1 Å². The van der Waals surface area contributed by atoms with Gasteiger partial charge in [-0.1, -0.05) is 36.4 Å². The van der Waals surface area contributed by atoms with Gasteiger partial charge in [-0.2, -0.15) is 0 Å². The van der Waals surface area contributed by atoms with E-state index in [1.807, 2.05) is 30.3 Å². The Labute approximate surface area is 185 Å². The van der Waals surface area contributed by atoms with Crippen LogP contribution in [-0.4, -0.2) is 57.0 Å². The Kier molecular flexibility index (Phi) is 5.18. The van der Waals surface area contributed by atoms with Gasteiger partial charge in [0, 0.05) is 37.5 Å². The van der Waals surface area contributed by atoms with Gasteiger partial charge in [0.25, 0.3) is 5.91 Å². The number of hydrogen-bond donors (Lipinski definition) is 0. The highest BCUT2D eigenvalue weighted by Crippen LogP contribution is 2.34. The molecule has 0 aliphatic carbocycles. The number of benzene rings is 2. The monoisotopic (exact) mass is 430 g/mol. The quantitative estimate of drug-likeness (QED) is 0.616. The number of nitrogens with zero attached hydrogens (tertiary/aromatic N) is 4. The molecule has 1 spiro atoms. The topological polar surface area (TPSA) is 84.9 Å². The van der Waals surface area contributed by atoms with Crippen molar-refractivity contribution in [2.24, 2.45) is 0 Å². The second-order valence-corrected chi connectivity index (χ2v) is 8.03. The smallest absolute Gasteiger partial charge is 0.410 e. The summed E-state index contributed by atoms with van der Waals surface area (Å²) in [5, 5.41) is 0. The number of hydrogen-bond acceptors (Lipinski definition) is 6. The molecule has 0 bridgehead atoms. The molecule has 2 aliphatic rings. The van der Waals surface area contributed by atoms with E-state index in [0.29, 0.717) is 43.9 Å². The van der Waals surface area contributed by atoms with Crippen LogP contribution < -0.4 is 4.74 Å². The minimum Gasteiger partial charge on any atom is -0.439 e. The zero-order chi connectivity index (χ0) is 22.0. The fourth-order valence-corrected chi connectivity index (χ4v) is 4.17. The van der Waals surface area contributed by atoms with Gasteiger partial charge in [-0.25, -0.2) is 14.8 Å². The molecular formula is C24H22N4O4. The summed E-state index contributed by atoms with van der Waals surface area (Å²) in [6.45, 7) is 1.86. The Morgan fingerprint density at radius 1 is 1.03 bits per heavy atom. The van der Waals surface area contributed by atoms with Gasteiger partial charge in [0.15, 0.2) is 5.60 Å². The molecule has 2 aliphatic heterocycles. The van der Waals surface area contributed by atoms with Crippen molar-refractivity contribution in [2.75, 3.05) is 19.6 Å². The van der Waals surface area contributed by atoms with Crippen LogP contribution in [0, 0.1) is 0 Å². The predicted octanol–water partition coefficient (Wildman–Crippen LogP) is 3.51. The Balaban J connectivity index is 1.25. The molecule has 1 aromatic heterocycles. The number of rotatable bonds is 5. The van der Waals surface area contributed by atoms with Gasteiger partial charge >= 0.3 is 12.1 Å². The molecule has 8 heteroatoms. The molecule has 162 valence electrons. The first-order valence-corrected chi connectivity index (χ1v) is 10.5. The van der Waals surface area contributed by atoms with Crippen LogP contribution in [0.25, 0.3) is 0 Å². The molecule has 0 saturated carbocycles. The first-order chi connectivity index (χ1) is 15.6. The number of amides is 2. The Morgan fingerprint density at radius 3 is 2.66 bits per heavy atom. The van der Waals surface area contributed by atoms with Crippen LogP contribution in [0.1, 0.15) is 22.3 Å². The van der Waals surface area contributed by atoms with E-state index in [4.69, 9.17) is 9.47 Å². The summed E-state index contributed by atoms with van der Waals surface area (Å²) in [4.78, 5) is 37.1. The summed E-state index contributed by atoms with van der Waals surface area (Å²) in [6, 6.07) is 18.7. The van der Waals surface area contributed by atoms with Gasteiger partial charge in [-0.15, -0.1) is 0 Å². The van der Waals surface area contributed by atoms with Crippen molar-refractivity contribution in [3.05, 3.63) is 84.2 Å². The number of aromatic nitrogens is 2. The molecule has 32 heavy (non-hydrogen) atoms. The van der Waals surface area contributed by atoms with Gasteiger partial charge in [0.05, 0.1) is 13.1 Å². The van der Waals surface area contributed by atoms with E-state index in [1.165, 1.54) is 0 Å².